The fourth-order valence-corrected chi connectivity index (χ4v) is 5.56. The molecule has 0 spiro atoms. The number of ether oxygens (including phenoxy) is 1. The minimum atomic E-state index is -2.99. The van der Waals surface area contributed by atoms with Gasteiger partial charge in [0.1, 0.15) is 0 Å². The summed E-state index contributed by atoms with van der Waals surface area (Å²) in [5, 5.41) is -0.280. The van der Waals surface area contributed by atoms with E-state index in [0.29, 0.717) is 50.8 Å². The maximum Gasteiger partial charge on any atom is 0.225 e. The van der Waals surface area contributed by atoms with Crippen molar-refractivity contribution in [1.29, 1.82) is 0 Å². The Morgan fingerprint density at radius 1 is 1.10 bits per heavy atom. The summed E-state index contributed by atoms with van der Waals surface area (Å²) in [6.45, 7) is 2.49. The van der Waals surface area contributed by atoms with Gasteiger partial charge in [-0.25, -0.2) is 8.42 Å². The lowest BCUT2D eigenvalue weighted by molar-refractivity contribution is -0.139. The first-order valence-electron chi connectivity index (χ1n) is 7.64. The van der Waals surface area contributed by atoms with Gasteiger partial charge in [0.25, 0.3) is 0 Å². The summed E-state index contributed by atoms with van der Waals surface area (Å²) < 4.78 is 29.8. The lowest BCUT2D eigenvalue weighted by Crippen LogP contribution is -2.43. The van der Waals surface area contributed by atoms with Gasteiger partial charge in [-0.3, -0.25) is 4.79 Å². The van der Waals surface area contributed by atoms with Crippen molar-refractivity contribution in [2.45, 2.75) is 37.4 Å². The minimum Gasteiger partial charge on any atom is -0.378 e. The largest absolute Gasteiger partial charge is 0.378 e. The van der Waals surface area contributed by atoms with Gasteiger partial charge in [0.15, 0.2) is 9.84 Å². The van der Waals surface area contributed by atoms with Crippen LogP contribution in [0.4, 0.5) is 0 Å². The van der Waals surface area contributed by atoms with E-state index in [1.54, 1.807) is 0 Å². The molecule has 0 aromatic heterocycles. The summed E-state index contributed by atoms with van der Waals surface area (Å²) in [5.74, 6) is 0.786. The molecule has 0 aromatic rings. The first-order valence-corrected chi connectivity index (χ1v) is 9.36. The number of carbonyl (C=O) groups excluding carboxylic acids is 1. The van der Waals surface area contributed by atoms with Crippen molar-refractivity contribution in [2.24, 2.45) is 11.8 Å². The molecule has 0 unspecified atom stereocenters. The van der Waals surface area contributed by atoms with Crippen LogP contribution in [0.25, 0.3) is 0 Å². The Bertz CT molecular complexity index is 466. The van der Waals surface area contributed by atoms with Crippen LogP contribution in [0.1, 0.15) is 32.1 Å². The molecule has 2 aliphatic carbocycles. The number of morpholine rings is 1. The predicted octanol–water partition coefficient (Wildman–Crippen LogP) is 0.839. The van der Waals surface area contributed by atoms with Gasteiger partial charge in [0.2, 0.25) is 5.91 Å². The molecule has 0 N–H and O–H groups in total. The van der Waals surface area contributed by atoms with Crippen LogP contribution in [-0.4, -0.2) is 56.5 Å². The summed E-state index contributed by atoms with van der Waals surface area (Å²) in [7, 11) is -2.99. The average molecular weight is 301 g/mol. The van der Waals surface area contributed by atoms with Crippen molar-refractivity contribution in [2.75, 3.05) is 32.1 Å². The van der Waals surface area contributed by atoms with Gasteiger partial charge >= 0.3 is 0 Å². The molecule has 5 nitrogen and oxygen atoms in total. The van der Waals surface area contributed by atoms with Gasteiger partial charge in [0, 0.05) is 19.0 Å². The number of hydrogen-bond donors (Lipinski definition) is 0. The molecular formula is C14H23NO4S. The molecule has 1 saturated heterocycles. The lowest BCUT2D eigenvalue weighted by Gasteiger charge is -2.29. The monoisotopic (exact) mass is 301 g/mol. The van der Waals surface area contributed by atoms with Crippen molar-refractivity contribution in [3.05, 3.63) is 0 Å². The first kappa shape index (κ1) is 14.3. The number of hydrogen-bond acceptors (Lipinski definition) is 4. The van der Waals surface area contributed by atoms with E-state index < -0.39 is 9.84 Å². The quantitative estimate of drug-likeness (QED) is 0.772. The molecule has 0 radical (unpaired) electrons. The first-order chi connectivity index (χ1) is 9.56. The molecule has 1 amide bonds. The Labute approximate surface area is 120 Å². The van der Waals surface area contributed by atoms with Gasteiger partial charge in [-0.15, -0.1) is 0 Å². The zero-order valence-electron chi connectivity index (χ0n) is 11.8. The van der Waals surface area contributed by atoms with E-state index in [9.17, 15) is 13.2 Å². The highest BCUT2D eigenvalue weighted by molar-refractivity contribution is 7.92. The SMILES string of the molecule is O=C([C@@H]1CC[C@@H](S(=O)(=O)CC2CC2)C1)N1CCOCC1. The molecule has 114 valence electrons. The molecule has 20 heavy (non-hydrogen) atoms. The van der Waals surface area contributed by atoms with E-state index in [-0.39, 0.29) is 17.1 Å². The van der Waals surface area contributed by atoms with Gasteiger partial charge in [-0.2, -0.15) is 0 Å². The zero-order chi connectivity index (χ0) is 14.2. The van der Waals surface area contributed by atoms with Crippen molar-refractivity contribution in [3.8, 4) is 0 Å². The predicted molar refractivity (Wildman–Crippen MR) is 75.0 cm³/mol. The topological polar surface area (TPSA) is 63.7 Å². The summed E-state index contributed by atoms with van der Waals surface area (Å²) in [6.07, 6.45) is 4.04. The molecule has 0 bridgehead atoms. The summed E-state index contributed by atoms with van der Waals surface area (Å²) in [5.41, 5.74) is 0. The third-order valence-electron chi connectivity index (χ3n) is 4.73. The van der Waals surface area contributed by atoms with Crippen LogP contribution in [0, 0.1) is 11.8 Å². The number of carbonyl (C=O) groups is 1. The molecule has 3 aliphatic rings. The van der Waals surface area contributed by atoms with Gasteiger partial charge in [-0.05, 0) is 38.0 Å². The third-order valence-corrected chi connectivity index (χ3v) is 7.11. The Morgan fingerprint density at radius 2 is 1.80 bits per heavy atom. The molecule has 0 aromatic carbocycles. The lowest BCUT2D eigenvalue weighted by atomic mass is 10.1. The molecule has 3 fully saturated rings. The Hall–Kier alpha value is -0.620. The van der Waals surface area contributed by atoms with Crippen molar-refractivity contribution >= 4 is 15.7 Å². The van der Waals surface area contributed by atoms with E-state index in [0.717, 1.165) is 19.3 Å². The van der Waals surface area contributed by atoms with E-state index in [4.69, 9.17) is 4.74 Å². The summed E-state index contributed by atoms with van der Waals surface area (Å²) in [4.78, 5) is 14.2. The van der Waals surface area contributed by atoms with Crippen LogP contribution < -0.4 is 0 Å². The van der Waals surface area contributed by atoms with Crippen LogP contribution in [-0.2, 0) is 19.4 Å². The smallest absolute Gasteiger partial charge is 0.225 e. The van der Waals surface area contributed by atoms with Crippen molar-refractivity contribution in [3.63, 3.8) is 0 Å². The Kier molecular flexibility index (Phi) is 4.04. The van der Waals surface area contributed by atoms with E-state index in [1.807, 2.05) is 4.90 Å². The highest BCUT2D eigenvalue weighted by Crippen LogP contribution is 2.37. The minimum absolute atomic E-state index is 0.0907. The Morgan fingerprint density at radius 3 is 2.45 bits per heavy atom. The van der Waals surface area contributed by atoms with Crippen LogP contribution in [0.2, 0.25) is 0 Å². The zero-order valence-corrected chi connectivity index (χ0v) is 12.6. The average Bonchev–Trinajstić information content (AvgIpc) is 3.09. The normalized spacial score (nSPS) is 31.5. The number of nitrogens with zero attached hydrogens (tertiary/aromatic N) is 1. The molecule has 6 heteroatoms. The second-order valence-electron chi connectivity index (χ2n) is 6.34. The maximum absolute atomic E-state index is 12.4. The van der Waals surface area contributed by atoms with E-state index in [2.05, 4.69) is 0 Å². The molecular weight excluding hydrogens is 278 g/mol. The van der Waals surface area contributed by atoms with Crippen molar-refractivity contribution < 1.29 is 17.9 Å². The number of amides is 1. The van der Waals surface area contributed by atoms with Crippen LogP contribution in [0.15, 0.2) is 0 Å². The van der Waals surface area contributed by atoms with Crippen LogP contribution in [0.3, 0.4) is 0 Å². The van der Waals surface area contributed by atoms with Crippen molar-refractivity contribution in [1.82, 2.24) is 4.90 Å². The van der Waals surface area contributed by atoms with Gasteiger partial charge in [-0.1, -0.05) is 0 Å². The fraction of sp³-hybridized carbons (Fsp3) is 0.929. The molecule has 1 aliphatic heterocycles. The second kappa shape index (κ2) is 5.64. The fourth-order valence-electron chi connectivity index (χ4n) is 3.28. The summed E-state index contributed by atoms with van der Waals surface area (Å²) in [6, 6.07) is 0. The second-order valence-corrected chi connectivity index (χ2v) is 8.67. The van der Waals surface area contributed by atoms with E-state index in [1.165, 1.54) is 0 Å². The van der Waals surface area contributed by atoms with Crippen LogP contribution >= 0.6 is 0 Å². The maximum atomic E-state index is 12.4. The Balaban J connectivity index is 1.56. The van der Waals surface area contributed by atoms with Crippen LogP contribution in [0.5, 0.6) is 0 Å². The van der Waals surface area contributed by atoms with Gasteiger partial charge in [0.05, 0.1) is 24.2 Å². The highest BCUT2D eigenvalue weighted by atomic mass is 32.2. The van der Waals surface area contributed by atoms with E-state index >= 15 is 0 Å². The summed E-state index contributed by atoms with van der Waals surface area (Å²) >= 11 is 0. The molecule has 2 saturated carbocycles. The number of sulfone groups is 1. The number of rotatable bonds is 4. The molecule has 2 atom stereocenters. The standard InChI is InChI=1S/C14H23NO4S/c16-14(15-5-7-19-8-6-15)12-3-4-13(9-12)20(17,18)10-11-1-2-11/h11-13H,1-10H2/t12-,13-/m1/s1. The van der Waals surface area contributed by atoms with Gasteiger partial charge < -0.3 is 9.64 Å². The molecule has 3 rings (SSSR count). The molecule has 1 heterocycles. The third kappa shape index (κ3) is 3.17. The highest BCUT2D eigenvalue weighted by Gasteiger charge is 2.41.